The number of rotatable bonds is 2. The first-order chi connectivity index (χ1) is 8.79. The van der Waals surface area contributed by atoms with Crippen molar-refractivity contribution in [2.75, 3.05) is 0 Å². The lowest BCUT2D eigenvalue weighted by Gasteiger charge is -2.10. The molecular formula is C11H9BrF3N3O. The Balaban J connectivity index is 2.55. The molecule has 0 aliphatic rings. The summed E-state index contributed by atoms with van der Waals surface area (Å²) >= 11 is 3.00. The van der Waals surface area contributed by atoms with E-state index in [4.69, 9.17) is 10.2 Å². The van der Waals surface area contributed by atoms with Gasteiger partial charge in [-0.2, -0.15) is 13.2 Å². The summed E-state index contributed by atoms with van der Waals surface area (Å²) in [6, 6.07) is 3.17. The van der Waals surface area contributed by atoms with E-state index >= 15 is 0 Å². The van der Waals surface area contributed by atoms with Gasteiger partial charge in [0.1, 0.15) is 0 Å². The van der Waals surface area contributed by atoms with E-state index in [-0.39, 0.29) is 17.3 Å². The molecule has 8 heteroatoms. The average Bonchev–Trinajstić information content (AvgIpc) is 2.77. The predicted molar refractivity (Wildman–Crippen MR) is 65.0 cm³/mol. The number of alkyl halides is 3. The van der Waals surface area contributed by atoms with Crippen LogP contribution in [0.2, 0.25) is 0 Å². The van der Waals surface area contributed by atoms with Crippen LogP contribution >= 0.6 is 15.9 Å². The third-order valence-electron chi connectivity index (χ3n) is 2.35. The van der Waals surface area contributed by atoms with E-state index in [1.165, 1.54) is 12.1 Å². The van der Waals surface area contributed by atoms with Crippen molar-refractivity contribution in [1.82, 2.24) is 10.2 Å². The lowest BCUT2D eigenvalue weighted by atomic mass is 10.1. The quantitative estimate of drug-likeness (QED) is 0.911. The van der Waals surface area contributed by atoms with E-state index in [0.717, 1.165) is 6.07 Å². The van der Waals surface area contributed by atoms with Gasteiger partial charge in [-0.3, -0.25) is 0 Å². The Morgan fingerprint density at radius 1 is 1.32 bits per heavy atom. The highest BCUT2D eigenvalue weighted by atomic mass is 79.9. The molecule has 0 amide bonds. The van der Waals surface area contributed by atoms with E-state index in [1.807, 2.05) is 0 Å². The van der Waals surface area contributed by atoms with Crippen LogP contribution in [-0.2, 0) is 6.18 Å². The molecule has 1 aromatic carbocycles. The van der Waals surface area contributed by atoms with Crippen molar-refractivity contribution in [1.29, 1.82) is 0 Å². The van der Waals surface area contributed by atoms with Gasteiger partial charge in [0.15, 0.2) is 0 Å². The maximum absolute atomic E-state index is 12.9. The van der Waals surface area contributed by atoms with E-state index in [1.54, 1.807) is 6.92 Å². The fourth-order valence-electron chi connectivity index (χ4n) is 1.46. The molecule has 2 N–H and O–H groups in total. The fraction of sp³-hybridized carbons (Fsp3) is 0.273. The molecule has 1 heterocycles. The zero-order valence-corrected chi connectivity index (χ0v) is 11.3. The third-order valence-corrected chi connectivity index (χ3v) is 2.84. The lowest BCUT2D eigenvalue weighted by Crippen LogP contribution is -2.07. The maximum atomic E-state index is 12.9. The summed E-state index contributed by atoms with van der Waals surface area (Å²) in [5, 5.41) is 7.22. The van der Waals surface area contributed by atoms with Crippen molar-refractivity contribution in [2.45, 2.75) is 19.1 Å². The molecule has 1 unspecified atom stereocenters. The van der Waals surface area contributed by atoms with Crippen LogP contribution in [0, 0.1) is 0 Å². The monoisotopic (exact) mass is 335 g/mol. The molecule has 0 aliphatic heterocycles. The molecule has 19 heavy (non-hydrogen) atoms. The Hall–Kier alpha value is -1.41. The standard InChI is InChI=1S/C11H9BrF3N3O/c1-5(16)9-17-18-10(19-9)7-3-2-6(12)4-8(7)11(13,14)15/h2-5H,16H2,1H3. The molecule has 2 rings (SSSR count). The number of hydrogen-bond donors (Lipinski definition) is 1. The van der Waals surface area contributed by atoms with Gasteiger partial charge in [0, 0.05) is 4.47 Å². The van der Waals surface area contributed by atoms with Crippen LogP contribution in [0.15, 0.2) is 27.1 Å². The summed E-state index contributed by atoms with van der Waals surface area (Å²) in [4.78, 5) is 0. The van der Waals surface area contributed by atoms with Gasteiger partial charge in [-0.1, -0.05) is 15.9 Å². The summed E-state index contributed by atoms with van der Waals surface area (Å²) in [5.41, 5.74) is 4.51. The molecule has 0 aliphatic carbocycles. The molecule has 0 bridgehead atoms. The summed E-state index contributed by atoms with van der Waals surface area (Å²) in [7, 11) is 0. The second-order valence-electron chi connectivity index (χ2n) is 3.92. The maximum Gasteiger partial charge on any atom is 0.417 e. The van der Waals surface area contributed by atoms with Crippen molar-refractivity contribution in [3.05, 3.63) is 34.1 Å². The first kappa shape index (κ1) is 14.0. The van der Waals surface area contributed by atoms with Gasteiger partial charge in [-0.15, -0.1) is 10.2 Å². The minimum absolute atomic E-state index is 0.0889. The smallest absolute Gasteiger partial charge is 0.417 e. The Bertz CT molecular complexity index is 595. The lowest BCUT2D eigenvalue weighted by molar-refractivity contribution is -0.137. The van der Waals surface area contributed by atoms with Gasteiger partial charge < -0.3 is 10.2 Å². The van der Waals surface area contributed by atoms with Crippen molar-refractivity contribution in [2.24, 2.45) is 5.73 Å². The normalized spacial score (nSPS) is 13.6. The molecule has 0 saturated carbocycles. The number of hydrogen-bond acceptors (Lipinski definition) is 4. The summed E-state index contributed by atoms with van der Waals surface area (Å²) < 4.78 is 44.3. The molecule has 0 fully saturated rings. The summed E-state index contributed by atoms with van der Waals surface area (Å²) in [6.07, 6.45) is -4.51. The first-order valence-corrected chi connectivity index (χ1v) is 6.04. The van der Waals surface area contributed by atoms with Gasteiger partial charge in [0.05, 0.1) is 17.2 Å². The van der Waals surface area contributed by atoms with Crippen LogP contribution in [0.25, 0.3) is 11.5 Å². The SMILES string of the molecule is CC(N)c1nnc(-c2ccc(Br)cc2C(F)(F)F)o1. The second-order valence-corrected chi connectivity index (χ2v) is 4.84. The molecule has 1 aromatic heterocycles. The Labute approximate surface area is 114 Å². The number of nitrogens with zero attached hydrogens (tertiary/aromatic N) is 2. The Morgan fingerprint density at radius 3 is 2.53 bits per heavy atom. The van der Waals surface area contributed by atoms with Gasteiger partial charge in [-0.05, 0) is 25.1 Å². The Morgan fingerprint density at radius 2 is 2.00 bits per heavy atom. The summed E-state index contributed by atoms with van der Waals surface area (Å²) in [6.45, 7) is 1.60. The van der Waals surface area contributed by atoms with Gasteiger partial charge in [0.25, 0.3) is 0 Å². The molecule has 2 aromatic rings. The van der Waals surface area contributed by atoms with E-state index in [9.17, 15) is 13.2 Å². The van der Waals surface area contributed by atoms with Crippen LogP contribution < -0.4 is 5.73 Å². The van der Waals surface area contributed by atoms with Crippen LogP contribution in [0.3, 0.4) is 0 Å². The van der Waals surface area contributed by atoms with Crippen molar-refractivity contribution < 1.29 is 17.6 Å². The second kappa shape index (κ2) is 4.93. The number of aromatic nitrogens is 2. The predicted octanol–water partition coefficient (Wildman–Crippen LogP) is 3.54. The topological polar surface area (TPSA) is 64.9 Å². The van der Waals surface area contributed by atoms with Crippen LogP contribution in [-0.4, -0.2) is 10.2 Å². The molecule has 1 atom stereocenters. The highest BCUT2D eigenvalue weighted by Gasteiger charge is 2.35. The number of halogens is 4. The average molecular weight is 336 g/mol. The van der Waals surface area contributed by atoms with Gasteiger partial charge >= 0.3 is 6.18 Å². The minimum atomic E-state index is -4.51. The highest BCUT2D eigenvalue weighted by molar-refractivity contribution is 9.10. The van der Waals surface area contributed by atoms with E-state index in [2.05, 4.69) is 26.1 Å². The number of nitrogens with two attached hydrogens (primary N) is 1. The minimum Gasteiger partial charge on any atom is -0.419 e. The zero-order valence-electron chi connectivity index (χ0n) is 9.70. The largest absolute Gasteiger partial charge is 0.419 e. The first-order valence-electron chi connectivity index (χ1n) is 5.25. The number of benzene rings is 1. The molecule has 102 valence electrons. The zero-order chi connectivity index (χ0) is 14.2. The van der Waals surface area contributed by atoms with Gasteiger partial charge in [0.2, 0.25) is 11.8 Å². The van der Waals surface area contributed by atoms with Crippen molar-refractivity contribution >= 4 is 15.9 Å². The van der Waals surface area contributed by atoms with Crippen LogP contribution in [0.5, 0.6) is 0 Å². The summed E-state index contributed by atoms with van der Waals surface area (Å²) in [5.74, 6) is -0.113. The molecule has 0 spiro atoms. The van der Waals surface area contributed by atoms with Gasteiger partial charge in [-0.25, -0.2) is 0 Å². The molecular weight excluding hydrogens is 327 g/mol. The third kappa shape index (κ3) is 2.95. The highest BCUT2D eigenvalue weighted by Crippen LogP contribution is 2.38. The molecule has 0 radical (unpaired) electrons. The van der Waals surface area contributed by atoms with Crippen molar-refractivity contribution in [3.63, 3.8) is 0 Å². The molecule has 0 saturated heterocycles. The van der Waals surface area contributed by atoms with Crippen molar-refractivity contribution in [3.8, 4) is 11.5 Å². The molecule has 4 nitrogen and oxygen atoms in total. The van der Waals surface area contributed by atoms with E-state index in [0.29, 0.717) is 4.47 Å². The fourth-order valence-corrected chi connectivity index (χ4v) is 1.83. The van der Waals surface area contributed by atoms with E-state index < -0.39 is 17.8 Å². The Kier molecular flexibility index (Phi) is 3.64. The van der Waals surface area contributed by atoms with Crippen LogP contribution in [0.1, 0.15) is 24.4 Å². The van der Waals surface area contributed by atoms with Crippen LogP contribution in [0.4, 0.5) is 13.2 Å².